The van der Waals surface area contributed by atoms with Gasteiger partial charge in [0.05, 0.1) is 12.5 Å². The Morgan fingerprint density at radius 3 is 2.48 bits per heavy atom. The van der Waals surface area contributed by atoms with Crippen LogP contribution in [0.4, 0.5) is 0 Å². The van der Waals surface area contributed by atoms with Gasteiger partial charge in [0.15, 0.2) is 0 Å². The lowest BCUT2D eigenvalue weighted by Crippen LogP contribution is -2.69. The average Bonchev–Trinajstić information content (AvgIpc) is 2.88. The van der Waals surface area contributed by atoms with Crippen molar-refractivity contribution in [2.45, 2.75) is 44.6 Å². The van der Waals surface area contributed by atoms with E-state index in [1.807, 2.05) is 53.4 Å². The average molecular weight is 449 g/mol. The minimum Gasteiger partial charge on any atom is -0.392 e. The molecule has 7 heteroatoms. The van der Waals surface area contributed by atoms with Gasteiger partial charge in [0, 0.05) is 37.8 Å². The zero-order valence-corrected chi connectivity index (χ0v) is 18.9. The summed E-state index contributed by atoms with van der Waals surface area (Å²) < 4.78 is 0. The number of carbonyl (C=O) groups is 2. The van der Waals surface area contributed by atoms with Gasteiger partial charge in [-0.1, -0.05) is 43.2 Å². The molecule has 7 nitrogen and oxygen atoms in total. The summed E-state index contributed by atoms with van der Waals surface area (Å²) in [5, 5.41) is 16.1. The normalized spacial score (nSPS) is 25.9. The molecule has 2 aromatic carbocycles. The van der Waals surface area contributed by atoms with E-state index in [1.165, 1.54) is 6.42 Å². The van der Waals surface area contributed by atoms with Crippen molar-refractivity contribution in [3.8, 4) is 11.1 Å². The topological polar surface area (TPSA) is 84.9 Å². The van der Waals surface area contributed by atoms with E-state index in [2.05, 4.69) is 15.5 Å². The van der Waals surface area contributed by atoms with Crippen LogP contribution in [0.2, 0.25) is 0 Å². The van der Waals surface area contributed by atoms with Crippen LogP contribution in [0.15, 0.2) is 48.5 Å². The van der Waals surface area contributed by atoms with Crippen molar-refractivity contribution >= 4 is 11.8 Å². The van der Waals surface area contributed by atoms with E-state index in [0.29, 0.717) is 18.7 Å². The molecule has 5 rings (SSSR count). The van der Waals surface area contributed by atoms with Crippen LogP contribution in [0.25, 0.3) is 11.1 Å². The predicted octanol–water partition coefficient (Wildman–Crippen LogP) is 2.17. The van der Waals surface area contributed by atoms with Gasteiger partial charge in [0.2, 0.25) is 5.91 Å². The molecule has 3 fully saturated rings. The number of piperazine rings is 1. The quantitative estimate of drug-likeness (QED) is 0.668. The van der Waals surface area contributed by atoms with Crippen molar-refractivity contribution in [2.24, 2.45) is 5.92 Å². The van der Waals surface area contributed by atoms with Gasteiger partial charge in [-0.3, -0.25) is 19.8 Å². The molecule has 0 aromatic heterocycles. The second-order valence-corrected chi connectivity index (χ2v) is 9.34. The van der Waals surface area contributed by atoms with E-state index >= 15 is 0 Å². The number of fused-ring (bicyclic) bond motifs is 1. The maximum absolute atomic E-state index is 13.1. The lowest BCUT2D eigenvalue weighted by molar-refractivity contribution is -0.134. The standard InChI is InChI=1S/C26H32N4O3/c31-17-18-4-3-5-21(16-18)19-8-10-20(11-9-19)25(33)29-12-14-30(15-13-29)26-27-23-7-2-1-6-22(23)24(32)28-26/h3-5,8-11,16,22-23,26-27,31H,1-2,6-7,12-15,17H2,(H,28,32). The summed E-state index contributed by atoms with van der Waals surface area (Å²) in [5.74, 6) is 0.316. The van der Waals surface area contributed by atoms with Crippen LogP contribution in [-0.4, -0.2) is 65.2 Å². The Labute approximate surface area is 194 Å². The molecule has 1 saturated carbocycles. The van der Waals surface area contributed by atoms with Crippen LogP contribution >= 0.6 is 0 Å². The number of aliphatic hydroxyl groups is 1. The first-order valence-electron chi connectivity index (χ1n) is 12.0. The van der Waals surface area contributed by atoms with Gasteiger partial charge in [-0.15, -0.1) is 0 Å². The van der Waals surface area contributed by atoms with Gasteiger partial charge in [-0.2, -0.15) is 0 Å². The highest BCUT2D eigenvalue weighted by Gasteiger charge is 2.39. The number of aliphatic hydroxyl groups excluding tert-OH is 1. The minimum atomic E-state index is -0.136. The highest BCUT2D eigenvalue weighted by Crippen LogP contribution is 2.28. The molecule has 3 unspecified atom stereocenters. The summed E-state index contributed by atoms with van der Waals surface area (Å²) >= 11 is 0. The second-order valence-electron chi connectivity index (χ2n) is 9.34. The zero-order chi connectivity index (χ0) is 22.8. The van der Waals surface area contributed by atoms with E-state index in [9.17, 15) is 14.7 Å². The molecule has 1 aliphatic carbocycles. The Balaban J connectivity index is 1.18. The van der Waals surface area contributed by atoms with E-state index < -0.39 is 0 Å². The van der Waals surface area contributed by atoms with Crippen molar-refractivity contribution in [1.82, 2.24) is 20.4 Å². The van der Waals surface area contributed by atoms with E-state index in [0.717, 1.165) is 49.0 Å². The molecule has 0 bridgehead atoms. The van der Waals surface area contributed by atoms with Crippen molar-refractivity contribution in [1.29, 1.82) is 0 Å². The maximum atomic E-state index is 13.1. The monoisotopic (exact) mass is 448 g/mol. The van der Waals surface area contributed by atoms with Gasteiger partial charge in [-0.05, 0) is 47.7 Å². The number of carbonyl (C=O) groups excluding carboxylic acids is 2. The van der Waals surface area contributed by atoms with Crippen molar-refractivity contribution in [2.75, 3.05) is 26.2 Å². The van der Waals surface area contributed by atoms with Crippen LogP contribution in [0.5, 0.6) is 0 Å². The highest BCUT2D eigenvalue weighted by molar-refractivity contribution is 5.94. The van der Waals surface area contributed by atoms with E-state index in [1.54, 1.807) is 0 Å². The Morgan fingerprint density at radius 2 is 1.73 bits per heavy atom. The van der Waals surface area contributed by atoms with Crippen molar-refractivity contribution < 1.29 is 14.7 Å². The largest absolute Gasteiger partial charge is 0.392 e. The van der Waals surface area contributed by atoms with Crippen molar-refractivity contribution in [3.63, 3.8) is 0 Å². The molecule has 2 heterocycles. The lowest BCUT2D eigenvalue weighted by atomic mass is 9.82. The Morgan fingerprint density at radius 1 is 0.970 bits per heavy atom. The summed E-state index contributed by atoms with van der Waals surface area (Å²) in [6.45, 7) is 2.75. The van der Waals surface area contributed by atoms with E-state index in [4.69, 9.17) is 0 Å². The van der Waals surface area contributed by atoms with Crippen LogP contribution in [-0.2, 0) is 11.4 Å². The fourth-order valence-corrected chi connectivity index (χ4v) is 5.35. The molecule has 174 valence electrons. The Hall–Kier alpha value is -2.74. The summed E-state index contributed by atoms with van der Waals surface area (Å²) in [7, 11) is 0. The number of amides is 2. The molecule has 3 atom stereocenters. The number of benzene rings is 2. The molecule has 3 N–H and O–H groups in total. The third-order valence-corrected chi connectivity index (χ3v) is 7.30. The molecular formula is C26H32N4O3. The van der Waals surface area contributed by atoms with Crippen molar-refractivity contribution in [3.05, 3.63) is 59.7 Å². The minimum absolute atomic E-state index is 0.0116. The molecule has 3 aliphatic rings. The summed E-state index contributed by atoms with van der Waals surface area (Å²) in [4.78, 5) is 29.7. The van der Waals surface area contributed by atoms with E-state index in [-0.39, 0.29) is 36.7 Å². The molecule has 2 amide bonds. The third-order valence-electron chi connectivity index (χ3n) is 7.30. The number of hydrogen-bond acceptors (Lipinski definition) is 5. The smallest absolute Gasteiger partial charge is 0.253 e. The SMILES string of the molecule is O=C1NC(N2CCN(C(=O)c3ccc(-c4cccc(CO)c4)cc3)CC2)NC2CCCCC12. The summed E-state index contributed by atoms with van der Waals surface area (Å²) in [6, 6.07) is 15.7. The van der Waals surface area contributed by atoms with Gasteiger partial charge in [0.25, 0.3) is 5.91 Å². The maximum Gasteiger partial charge on any atom is 0.253 e. The first-order chi connectivity index (χ1) is 16.1. The van der Waals surface area contributed by atoms with Crippen LogP contribution in [0.3, 0.4) is 0 Å². The first kappa shape index (κ1) is 22.1. The van der Waals surface area contributed by atoms with Crippen LogP contribution in [0.1, 0.15) is 41.6 Å². The van der Waals surface area contributed by atoms with Crippen LogP contribution < -0.4 is 10.6 Å². The number of rotatable bonds is 4. The fraction of sp³-hybridized carbons (Fsp3) is 0.462. The molecule has 0 radical (unpaired) electrons. The molecule has 2 aliphatic heterocycles. The highest BCUT2D eigenvalue weighted by atomic mass is 16.3. The second kappa shape index (κ2) is 9.63. The molecular weight excluding hydrogens is 416 g/mol. The van der Waals surface area contributed by atoms with Crippen LogP contribution in [0, 0.1) is 5.92 Å². The molecule has 0 spiro atoms. The first-order valence-corrected chi connectivity index (χ1v) is 12.0. The summed E-state index contributed by atoms with van der Waals surface area (Å²) in [5.41, 5.74) is 3.59. The van der Waals surface area contributed by atoms with Gasteiger partial charge < -0.3 is 15.3 Å². The third kappa shape index (κ3) is 4.67. The Kier molecular flexibility index (Phi) is 6.44. The molecule has 2 aromatic rings. The predicted molar refractivity (Wildman–Crippen MR) is 126 cm³/mol. The Bertz CT molecular complexity index is 1000. The zero-order valence-electron chi connectivity index (χ0n) is 18.9. The molecule has 2 saturated heterocycles. The van der Waals surface area contributed by atoms with Gasteiger partial charge in [-0.25, -0.2) is 0 Å². The number of nitrogens with zero attached hydrogens (tertiary/aromatic N) is 2. The van der Waals surface area contributed by atoms with Gasteiger partial charge >= 0.3 is 0 Å². The summed E-state index contributed by atoms with van der Waals surface area (Å²) in [6.07, 6.45) is 4.22. The van der Waals surface area contributed by atoms with Gasteiger partial charge in [0.1, 0.15) is 6.29 Å². The molecule has 33 heavy (non-hydrogen) atoms. The number of nitrogens with one attached hydrogen (secondary N) is 2. The number of hydrogen-bond donors (Lipinski definition) is 3. The lowest BCUT2D eigenvalue weighted by Gasteiger charge is -2.46. The fourth-order valence-electron chi connectivity index (χ4n) is 5.35.